The average molecular weight is 260 g/mol. The third kappa shape index (κ3) is 2.93. The second-order valence-corrected chi connectivity index (χ2v) is 5.88. The number of piperidine rings is 1. The van der Waals surface area contributed by atoms with Crippen molar-refractivity contribution in [3.8, 4) is 5.75 Å². The van der Waals surface area contributed by atoms with Crippen molar-refractivity contribution < 1.29 is 4.74 Å². The third-order valence-electron chi connectivity index (χ3n) is 4.50. The van der Waals surface area contributed by atoms with Crippen LogP contribution in [0.4, 0.5) is 0 Å². The highest BCUT2D eigenvalue weighted by molar-refractivity contribution is 5.37. The molecule has 2 unspecified atom stereocenters. The number of likely N-dealkylation sites (tertiary alicyclic amines) is 1. The predicted molar refractivity (Wildman–Crippen MR) is 77.5 cm³/mol. The highest BCUT2D eigenvalue weighted by Gasteiger charge is 2.26. The summed E-state index contributed by atoms with van der Waals surface area (Å²) in [6.45, 7) is 5.26. The molecule has 1 fully saturated rings. The van der Waals surface area contributed by atoms with Crippen LogP contribution < -0.4 is 10.5 Å². The maximum absolute atomic E-state index is 5.83. The second-order valence-electron chi connectivity index (χ2n) is 5.88. The van der Waals surface area contributed by atoms with Gasteiger partial charge < -0.3 is 15.4 Å². The molecule has 2 N–H and O–H groups in total. The van der Waals surface area contributed by atoms with E-state index in [0.29, 0.717) is 11.8 Å². The fourth-order valence-corrected chi connectivity index (χ4v) is 3.43. The molecule has 0 aromatic heterocycles. The molecule has 0 aliphatic carbocycles. The molecule has 2 atom stereocenters. The molecule has 2 aliphatic rings. The van der Waals surface area contributed by atoms with Crippen LogP contribution in [0.2, 0.25) is 0 Å². The van der Waals surface area contributed by atoms with Crippen molar-refractivity contribution in [1.82, 2.24) is 4.90 Å². The first-order chi connectivity index (χ1) is 9.36. The molecule has 0 radical (unpaired) electrons. The van der Waals surface area contributed by atoms with Crippen molar-refractivity contribution in [3.63, 3.8) is 0 Å². The molecular weight excluding hydrogens is 236 g/mol. The average Bonchev–Trinajstić information content (AvgIpc) is 2.48. The van der Waals surface area contributed by atoms with E-state index >= 15 is 0 Å². The minimum Gasteiger partial charge on any atom is -0.493 e. The molecule has 19 heavy (non-hydrogen) atoms. The normalized spacial score (nSPS) is 27.6. The number of hydrogen-bond donors (Lipinski definition) is 1. The number of ether oxygens (including phenoxy) is 1. The van der Waals surface area contributed by atoms with E-state index in [1.807, 2.05) is 0 Å². The van der Waals surface area contributed by atoms with E-state index in [-0.39, 0.29) is 0 Å². The van der Waals surface area contributed by atoms with Crippen LogP contribution in [0.5, 0.6) is 5.75 Å². The molecule has 1 aromatic carbocycles. The highest BCUT2D eigenvalue weighted by Crippen LogP contribution is 2.34. The van der Waals surface area contributed by atoms with Crippen LogP contribution in [0, 0.1) is 5.92 Å². The fraction of sp³-hybridized carbons (Fsp3) is 0.625. The summed E-state index contributed by atoms with van der Waals surface area (Å²) in [7, 11) is 0. The molecule has 3 nitrogen and oxygen atoms in total. The van der Waals surface area contributed by atoms with Crippen LogP contribution in [0.1, 0.15) is 30.7 Å². The van der Waals surface area contributed by atoms with E-state index < -0.39 is 0 Å². The highest BCUT2D eigenvalue weighted by atomic mass is 16.5. The van der Waals surface area contributed by atoms with Gasteiger partial charge in [-0.3, -0.25) is 0 Å². The largest absolute Gasteiger partial charge is 0.493 e. The summed E-state index contributed by atoms with van der Waals surface area (Å²) in [5.41, 5.74) is 7.22. The molecule has 104 valence electrons. The Hall–Kier alpha value is -1.06. The third-order valence-corrected chi connectivity index (χ3v) is 4.50. The summed E-state index contributed by atoms with van der Waals surface area (Å²) < 4.78 is 5.75. The summed E-state index contributed by atoms with van der Waals surface area (Å²) >= 11 is 0. The van der Waals surface area contributed by atoms with Crippen LogP contribution in [0.3, 0.4) is 0 Å². The quantitative estimate of drug-likeness (QED) is 0.905. The van der Waals surface area contributed by atoms with Gasteiger partial charge in [0.2, 0.25) is 0 Å². The SMILES string of the molecule is NCC1CCCN(CC2CCOc3ccccc32)C1. The molecular formula is C16H24N2O. The molecule has 3 rings (SSSR count). The lowest BCUT2D eigenvalue weighted by molar-refractivity contribution is 0.154. The van der Waals surface area contributed by atoms with E-state index in [9.17, 15) is 0 Å². The lowest BCUT2D eigenvalue weighted by Crippen LogP contribution is -2.41. The van der Waals surface area contributed by atoms with E-state index in [1.54, 1.807) is 0 Å². The lowest BCUT2D eigenvalue weighted by Gasteiger charge is -2.36. The van der Waals surface area contributed by atoms with Crippen LogP contribution in [0.15, 0.2) is 24.3 Å². The van der Waals surface area contributed by atoms with Gasteiger partial charge in [-0.1, -0.05) is 18.2 Å². The number of hydrogen-bond acceptors (Lipinski definition) is 3. The molecule has 2 aliphatic heterocycles. The van der Waals surface area contributed by atoms with E-state index in [1.165, 1.54) is 31.5 Å². The molecule has 2 heterocycles. The zero-order valence-electron chi connectivity index (χ0n) is 11.6. The van der Waals surface area contributed by atoms with Crippen molar-refractivity contribution in [1.29, 1.82) is 0 Å². The molecule has 0 amide bonds. The predicted octanol–water partition coefficient (Wildman–Crippen LogP) is 2.22. The minimum absolute atomic E-state index is 0.626. The number of benzene rings is 1. The van der Waals surface area contributed by atoms with Crippen LogP contribution in [0.25, 0.3) is 0 Å². The molecule has 0 saturated carbocycles. The molecule has 0 spiro atoms. The van der Waals surface area contributed by atoms with Crippen molar-refractivity contribution in [3.05, 3.63) is 29.8 Å². The summed E-state index contributed by atoms with van der Waals surface area (Å²) in [6, 6.07) is 8.51. The second kappa shape index (κ2) is 5.93. The van der Waals surface area contributed by atoms with E-state index in [0.717, 1.165) is 31.9 Å². The Labute approximate surface area is 115 Å². The Balaban J connectivity index is 1.67. The summed E-state index contributed by atoms with van der Waals surface area (Å²) in [6.07, 6.45) is 3.74. The maximum Gasteiger partial charge on any atom is 0.122 e. The van der Waals surface area contributed by atoms with E-state index in [2.05, 4.69) is 29.2 Å². The van der Waals surface area contributed by atoms with Crippen LogP contribution >= 0.6 is 0 Å². The summed E-state index contributed by atoms with van der Waals surface area (Å²) in [4.78, 5) is 2.60. The Morgan fingerprint density at radius 2 is 2.16 bits per heavy atom. The lowest BCUT2D eigenvalue weighted by atomic mass is 9.91. The van der Waals surface area contributed by atoms with Gasteiger partial charge in [-0.2, -0.15) is 0 Å². The first-order valence-corrected chi connectivity index (χ1v) is 7.51. The zero-order valence-corrected chi connectivity index (χ0v) is 11.6. The van der Waals surface area contributed by atoms with Crippen molar-refractivity contribution in [2.24, 2.45) is 11.7 Å². The van der Waals surface area contributed by atoms with Gasteiger partial charge >= 0.3 is 0 Å². The Morgan fingerprint density at radius 3 is 3.05 bits per heavy atom. The van der Waals surface area contributed by atoms with Crippen LogP contribution in [-0.2, 0) is 0 Å². The molecule has 1 saturated heterocycles. The first-order valence-electron chi connectivity index (χ1n) is 7.51. The van der Waals surface area contributed by atoms with Gasteiger partial charge in [-0.15, -0.1) is 0 Å². The minimum atomic E-state index is 0.626. The molecule has 1 aromatic rings. The number of para-hydroxylation sites is 1. The molecule has 3 heteroatoms. The van der Waals surface area contributed by atoms with Gasteiger partial charge in [0, 0.05) is 19.0 Å². The van der Waals surface area contributed by atoms with Gasteiger partial charge in [0.15, 0.2) is 0 Å². The monoisotopic (exact) mass is 260 g/mol. The Kier molecular flexibility index (Phi) is 4.04. The van der Waals surface area contributed by atoms with E-state index in [4.69, 9.17) is 10.5 Å². The Morgan fingerprint density at radius 1 is 1.26 bits per heavy atom. The first kappa shape index (κ1) is 12.9. The number of rotatable bonds is 3. The zero-order chi connectivity index (χ0) is 13.1. The Bertz CT molecular complexity index is 421. The van der Waals surface area contributed by atoms with Gasteiger partial charge in [-0.25, -0.2) is 0 Å². The van der Waals surface area contributed by atoms with Crippen LogP contribution in [-0.4, -0.2) is 37.7 Å². The number of fused-ring (bicyclic) bond motifs is 1. The topological polar surface area (TPSA) is 38.5 Å². The van der Waals surface area contributed by atoms with Gasteiger partial charge in [0.05, 0.1) is 6.61 Å². The summed E-state index contributed by atoms with van der Waals surface area (Å²) in [5.74, 6) is 2.41. The van der Waals surface area contributed by atoms with Crippen molar-refractivity contribution in [2.75, 3.05) is 32.8 Å². The van der Waals surface area contributed by atoms with Crippen molar-refractivity contribution >= 4 is 0 Å². The fourth-order valence-electron chi connectivity index (χ4n) is 3.43. The van der Waals surface area contributed by atoms with Gasteiger partial charge in [0.1, 0.15) is 5.75 Å². The maximum atomic E-state index is 5.83. The van der Waals surface area contributed by atoms with Crippen molar-refractivity contribution in [2.45, 2.75) is 25.2 Å². The van der Waals surface area contributed by atoms with Gasteiger partial charge in [0.25, 0.3) is 0 Å². The molecule has 0 bridgehead atoms. The summed E-state index contributed by atoms with van der Waals surface area (Å²) in [5, 5.41) is 0. The number of nitrogens with two attached hydrogens (primary N) is 1. The standard InChI is InChI=1S/C16H24N2O/c17-10-13-4-3-8-18(11-13)12-14-7-9-19-16-6-2-1-5-15(14)16/h1-2,5-6,13-14H,3-4,7-12,17H2. The smallest absolute Gasteiger partial charge is 0.122 e. The van der Waals surface area contributed by atoms with Gasteiger partial charge in [-0.05, 0) is 49.9 Å². The number of nitrogens with zero attached hydrogens (tertiary/aromatic N) is 1.